The van der Waals surface area contributed by atoms with E-state index in [4.69, 9.17) is 0 Å². The molecule has 0 fully saturated rings. The van der Waals surface area contributed by atoms with E-state index >= 15 is 0 Å². The second-order valence-corrected chi connectivity index (χ2v) is 7.73. The molecule has 1 aromatic heterocycles. The van der Waals surface area contributed by atoms with Gasteiger partial charge >= 0.3 is 6.18 Å². The van der Waals surface area contributed by atoms with Gasteiger partial charge in [0, 0.05) is 23.1 Å². The first-order valence-electron chi connectivity index (χ1n) is 9.48. The minimum absolute atomic E-state index is 0.00266. The van der Waals surface area contributed by atoms with Gasteiger partial charge in [-0.1, -0.05) is 44.2 Å². The summed E-state index contributed by atoms with van der Waals surface area (Å²) >= 11 is 0. The summed E-state index contributed by atoms with van der Waals surface area (Å²) in [5, 5.41) is 11.9. The van der Waals surface area contributed by atoms with Gasteiger partial charge in [-0.2, -0.15) is 13.2 Å². The number of alkyl halides is 3. The number of H-pyrrole nitrogens is 1. The Morgan fingerprint density at radius 1 is 1.07 bits per heavy atom. The molecule has 0 radical (unpaired) electrons. The molecular formula is C22H23F3N2O. The maximum absolute atomic E-state index is 13.0. The molecule has 0 amide bonds. The van der Waals surface area contributed by atoms with Crippen LogP contribution in [0.2, 0.25) is 0 Å². The molecule has 3 aromatic rings. The Bertz CT molecular complexity index is 976. The lowest BCUT2D eigenvalue weighted by Gasteiger charge is -2.40. The quantitative estimate of drug-likeness (QED) is 0.655. The molecule has 0 aliphatic carbocycles. The Balaban J connectivity index is 1.84. The lowest BCUT2D eigenvalue weighted by Crippen LogP contribution is -2.45. The van der Waals surface area contributed by atoms with Gasteiger partial charge < -0.3 is 10.1 Å². The summed E-state index contributed by atoms with van der Waals surface area (Å²) in [6.07, 6.45) is -4.28. The van der Waals surface area contributed by atoms with Crippen LogP contribution in [0.5, 0.6) is 0 Å². The summed E-state index contributed by atoms with van der Waals surface area (Å²) in [5.74, 6) is 0.00266. The fraction of sp³-hybridized carbons (Fsp3) is 0.364. The fourth-order valence-electron chi connectivity index (χ4n) is 4.14. The predicted molar refractivity (Wildman–Crippen MR) is 103 cm³/mol. The predicted octanol–water partition coefficient (Wildman–Crippen LogP) is 5.11. The number of aromatic nitrogens is 1. The number of aliphatic hydroxyl groups is 1. The highest BCUT2D eigenvalue weighted by atomic mass is 19.4. The zero-order valence-corrected chi connectivity index (χ0v) is 15.8. The minimum atomic E-state index is -4.37. The number of rotatable bonds is 3. The normalized spacial score (nSPS) is 19.2. The Labute approximate surface area is 161 Å². The third kappa shape index (κ3) is 3.20. The molecular weight excluding hydrogens is 365 g/mol. The molecule has 0 bridgehead atoms. The maximum atomic E-state index is 13.0. The van der Waals surface area contributed by atoms with E-state index in [0.29, 0.717) is 6.54 Å². The lowest BCUT2D eigenvalue weighted by atomic mass is 9.90. The molecule has 3 nitrogen and oxygen atoms in total. The molecule has 2 aromatic carbocycles. The standard InChI is InChI=1S/C22H23F3N2O/c1-13(2)21(28)27-12-11-17-16-5-3-4-6-18(16)26-19(17)20(27)14-7-9-15(10-8-14)22(23,24)25/h3-10,13,20-21,26,28H,11-12H2,1-2H3. The van der Waals surface area contributed by atoms with Crippen LogP contribution in [0.25, 0.3) is 10.9 Å². The van der Waals surface area contributed by atoms with Gasteiger partial charge in [-0.25, -0.2) is 0 Å². The Morgan fingerprint density at radius 2 is 1.75 bits per heavy atom. The first-order valence-corrected chi connectivity index (χ1v) is 9.48. The smallest absolute Gasteiger partial charge is 0.378 e. The van der Waals surface area contributed by atoms with Crippen LogP contribution in [-0.2, 0) is 12.6 Å². The number of hydrogen-bond acceptors (Lipinski definition) is 2. The first-order chi connectivity index (χ1) is 13.3. The van der Waals surface area contributed by atoms with E-state index in [9.17, 15) is 18.3 Å². The van der Waals surface area contributed by atoms with E-state index in [0.717, 1.165) is 40.7 Å². The summed E-state index contributed by atoms with van der Waals surface area (Å²) in [4.78, 5) is 5.44. The van der Waals surface area contributed by atoms with E-state index in [1.807, 2.05) is 36.9 Å². The Morgan fingerprint density at radius 3 is 2.39 bits per heavy atom. The van der Waals surface area contributed by atoms with Gasteiger partial charge in [0.15, 0.2) is 0 Å². The molecule has 2 heterocycles. The molecule has 6 heteroatoms. The van der Waals surface area contributed by atoms with Crippen LogP contribution in [0.3, 0.4) is 0 Å². The largest absolute Gasteiger partial charge is 0.416 e. The molecule has 1 aliphatic heterocycles. The van der Waals surface area contributed by atoms with Crippen LogP contribution >= 0.6 is 0 Å². The number of nitrogens with one attached hydrogen (secondary N) is 1. The van der Waals surface area contributed by atoms with Crippen molar-refractivity contribution >= 4 is 10.9 Å². The molecule has 28 heavy (non-hydrogen) atoms. The third-order valence-electron chi connectivity index (χ3n) is 5.56. The van der Waals surface area contributed by atoms with Crippen molar-refractivity contribution in [3.8, 4) is 0 Å². The van der Waals surface area contributed by atoms with Crippen molar-refractivity contribution < 1.29 is 18.3 Å². The SMILES string of the molecule is CC(C)C(O)N1CCc2c([nH]c3ccccc23)C1c1ccc(C(F)(F)F)cc1. The third-order valence-corrected chi connectivity index (χ3v) is 5.56. The molecule has 0 spiro atoms. The van der Waals surface area contributed by atoms with Crippen LogP contribution in [-0.4, -0.2) is 27.8 Å². The van der Waals surface area contributed by atoms with Gasteiger partial charge in [0.05, 0.1) is 11.6 Å². The number of benzene rings is 2. The highest BCUT2D eigenvalue weighted by Gasteiger charge is 2.37. The number of halogens is 3. The van der Waals surface area contributed by atoms with E-state index in [1.165, 1.54) is 17.7 Å². The summed E-state index contributed by atoms with van der Waals surface area (Å²) in [5.41, 5.74) is 3.20. The van der Waals surface area contributed by atoms with E-state index in [1.54, 1.807) is 0 Å². The van der Waals surface area contributed by atoms with Gasteiger partial charge in [-0.3, -0.25) is 4.90 Å². The average Bonchev–Trinajstić information content (AvgIpc) is 3.04. The summed E-state index contributed by atoms with van der Waals surface area (Å²) in [7, 11) is 0. The number of aliphatic hydroxyl groups excluding tert-OH is 1. The fourth-order valence-corrected chi connectivity index (χ4v) is 4.14. The zero-order chi connectivity index (χ0) is 20.1. The van der Waals surface area contributed by atoms with Crippen LogP contribution in [0.15, 0.2) is 48.5 Å². The van der Waals surface area contributed by atoms with E-state index in [2.05, 4.69) is 11.1 Å². The molecule has 0 saturated carbocycles. The van der Waals surface area contributed by atoms with Crippen molar-refractivity contribution in [1.29, 1.82) is 0 Å². The highest BCUT2D eigenvalue weighted by molar-refractivity contribution is 5.85. The average molecular weight is 388 g/mol. The lowest BCUT2D eigenvalue weighted by molar-refractivity contribution is -0.137. The second kappa shape index (κ2) is 6.94. The number of hydrogen-bond donors (Lipinski definition) is 2. The monoisotopic (exact) mass is 388 g/mol. The number of aromatic amines is 1. The number of fused-ring (bicyclic) bond motifs is 3. The van der Waals surface area contributed by atoms with Gasteiger partial charge in [-0.15, -0.1) is 0 Å². The Hall–Kier alpha value is -2.31. The maximum Gasteiger partial charge on any atom is 0.416 e. The summed E-state index contributed by atoms with van der Waals surface area (Å²) < 4.78 is 39.0. The molecule has 2 N–H and O–H groups in total. The molecule has 2 atom stereocenters. The highest BCUT2D eigenvalue weighted by Crippen LogP contribution is 2.40. The molecule has 2 unspecified atom stereocenters. The second-order valence-electron chi connectivity index (χ2n) is 7.73. The minimum Gasteiger partial charge on any atom is -0.378 e. The van der Waals surface area contributed by atoms with Crippen LogP contribution in [0, 0.1) is 5.92 Å². The number of nitrogens with zero attached hydrogens (tertiary/aromatic N) is 1. The molecule has 4 rings (SSSR count). The molecule has 0 saturated heterocycles. The van der Waals surface area contributed by atoms with Crippen molar-refractivity contribution in [3.05, 3.63) is 70.9 Å². The zero-order valence-electron chi connectivity index (χ0n) is 15.8. The van der Waals surface area contributed by atoms with Crippen molar-refractivity contribution in [2.75, 3.05) is 6.54 Å². The summed E-state index contributed by atoms with van der Waals surface area (Å²) in [6, 6.07) is 13.0. The Kier molecular flexibility index (Phi) is 4.71. The van der Waals surface area contributed by atoms with Crippen molar-refractivity contribution in [3.63, 3.8) is 0 Å². The molecule has 1 aliphatic rings. The number of para-hydroxylation sites is 1. The van der Waals surface area contributed by atoms with Gasteiger partial charge in [0.2, 0.25) is 0 Å². The van der Waals surface area contributed by atoms with Crippen LogP contribution in [0.4, 0.5) is 13.2 Å². The topological polar surface area (TPSA) is 39.3 Å². The van der Waals surface area contributed by atoms with Crippen molar-refractivity contribution in [2.24, 2.45) is 5.92 Å². The van der Waals surface area contributed by atoms with Crippen molar-refractivity contribution in [2.45, 2.75) is 38.7 Å². The van der Waals surface area contributed by atoms with Gasteiger partial charge in [-0.05, 0) is 41.7 Å². The van der Waals surface area contributed by atoms with E-state index in [-0.39, 0.29) is 12.0 Å². The van der Waals surface area contributed by atoms with Crippen LogP contribution in [0.1, 0.15) is 42.3 Å². The molecule has 148 valence electrons. The van der Waals surface area contributed by atoms with Gasteiger partial charge in [0.1, 0.15) is 6.23 Å². The van der Waals surface area contributed by atoms with Gasteiger partial charge in [0.25, 0.3) is 0 Å². The van der Waals surface area contributed by atoms with Crippen molar-refractivity contribution in [1.82, 2.24) is 9.88 Å². The first kappa shape index (κ1) is 19.0. The van der Waals surface area contributed by atoms with E-state index < -0.39 is 18.0 Å². The summed E-state index contributed by atoms with van der Waals surface area (Å²) in [6.45, 7) is 4.52. The van der Waals surface area contributed by atoms with Crippen LogP contribution < -0.4 is 0 Å².